The zero-order valence-corrected chi connectivity index (χ0v) is 10.5. The van der Waals surface area contributed by atoms with E-state index in [1.807, 2.05) is 0 Å². The van der Waals surface area contributed by atoms with E-state index in [0.29, 0.717) is 42.6 Å². The van der Waals surface area contributed by atoms with E-state index < -0.39 is 0 Å². The van der Waals surface area contributed by atoms with Crippen LogP contribution >= 0.6 is 0 Å². The lowest BCUT2D eigenvalue weighted by atomic mass is 10.0. The second-order valence-corrected chi connectivity index (χ2v) is 5.09. The molecule has 1 heterocycles. The lowest BCUT2D eigenvalue weighted by Crippen LogP contribution is -2.25. The molecule has 1 atom stereocenters. The van der Waals surface area contributed by atoms with Crippen LogP contribution in [0.15, 0.2) is 12.1 Å². The topological polar surface area (TPSA) is 87.6 Å². The summed E-state index contributed by atoms with van der Waals surface area (Å²) in [6.45, 7) is 0.893. The summed E-state index contributed by atoms with van der Waals surface area (Å²) in [6, 6.07) is 3.14. The van der Waals surface area contributed by atoms with Crippen molar-refractivity contribution in [2.45, 2.75) is 25.3 Å². The fraction of sp³-hybridized carbons (Fsp3) is 0.538. The summed E-state index contributed by atoms with van der Waals surface area (Å²) in [5, 5.41) is 11.1. The molecule has 102 valence electrons. The van der Waals surface area contributed by atoms with Gasteiger partial charge in [-0.1, -0.05) is 0 Å². The number of fused-ring (bicyclic) bond motifs is 1. The predicted molar refractivity (Wildman–Crippen MR) is 68.5 cm³/mol. The summed E-state index contributed by atoms with van der Waals surface area (Å²) in [5.74, 6) is 1.53. The lowest BCUT2D eigenvalue weighted by Gasteiger charge is -2.19. The minimum atomic E-state index is -0.382. The Morgan fingerprint density at radius 3 is 2.53 bits per heavy atom. The SMILES string of the molecule is NC(Cc1cc2c(cc1[N+](=O)[O-])OCCO2)C1CC1. The molecule has 2 N–H and O–H groups in total. The molecule has 2 aliphatic rings. The van der Waals surface area contributed by atoms with Crippen LogP contribution in [-0.2, 0) is 6.42 Å². The molecular weight excluding hydrogens is 248 g/mol. The van der Waals surface area contributed by atoms with Crippen molar-refractivity contribution in [3.8, 4) is 11.5 Å². The van der Waals surface area contributed by atoms with Crippen LogP contribution in [0.5, 0.6) is 11.5 Å². The third kappa shape index (κ3) is 2.49. The van der Waals surface area contributed by atoms with Gasteiger partial charge in [-0.25, -0.2) is 0 Å². The zero-order chi connectivity index (χ0) is 13.4. The normalized spacial score (nSPS) is 19.0. The highest BCUT2D eigenvalue weighted by atomic mass is 16.6. The van der Waals surface area contributed by atoms with Gasteiger partial charge in [0.15, 0.2) is 11.5 Å². The van der Waals surface area contributed by atoms with Crippen molar-refractivity contribution < 1.29 is 14.4 Å². The largest absolute Gasteiger partial charge is 0.486 e. The van der Waals surface area contributed by atoms with Crippen molar-refractivity contribution in [2.75, 3.05) is 13.2 Å². The van der Waals surface area contributed by atoms with Crippen molar-refractivity contribution >= 4 is 5.69 Å². The minimum Gasteiger partial charge on any atom is -0.486 e. The van der Waals surface area contributed by atoms with E-state index >= 15 is 0 Å². The molecule has 1 saturated carbocycles. The molecule has 6 nitrogen and oxygen atoms in total. The third-order valence-corrected chi connectivity index (χ3v) is 3.62. The molecule has 0 spiro atoms. The number of nitro benzene ring substituents is 1. The molecule has 6 heteroatoms. The second-order valence-electron chi connectivity index (χ2n) is 5.09. The van der Waals surface area contributed by atoms with E-state index in [1.165, 1.54) is 6.07 Å². The fourth-order valence-electron chi connectivity index (χ4n) is 2.40. The van der Waals surface area contributed by atoms with Gasteiger partial charge in [-0.2, -0.15) is 0 Å². The van der Waals surface area contributed by atoms with Crippen molar-refractivity contribution in [2.24, 2.45) is 11.7 Å². The van der Waals surface area contributed by atoms with Gasteiger partial charge < -0.3 is 15.2 Å². The molecule has 0 amide bonds. The number of nitrogens with zero attached hydrogens (tertiary/aromatic N) is 1. The van der Waals surface area contributed by atoms with E-state index in [0.717, 1.165) is 12.8 Å². The van der Waals surface area contributed by atoms with Gasteiger partial charge in [-0.05, 0) is 31.2 Å². The quantitative estimate of drug-likeness (QED) is 0.659. The van der Waals surface area contributed by atoms with E-state index in [2.05, 4.69) is 0 Å². The zero-order valence-electron chi connectivity index (χ0n) is 10.5. The Balaban J connectivity index is 1.93. The predicted octanol–water partition coefficient (Wildman–Crippen LogP) is 1.65. The smallest absolute Gasteiger partial charge is 0.276 e. The maximum atomic E-state index is 11.1. The van der Waals surface area contributed by atoms with Gasteiger partial charge in [0, 0.05) is 11.6 Å². The van der Waals surface area contributed by atoms with Crippen LogP contribution in [0.1, 0.15) is 18.4 Å². The fourth-order valence-corrected chi connectivity index (χ4v) is 2.40. The Morgan fingerprint density at radius 2 is 1.95 bits per heavy atom. The maximum Gasteiger partial charge on any atom is 0.276 e. The van der Waals surface area contributed by atoms with Crippen molar-refractivity contribution in [3.05, 3.63) is 27.8 Å². The molecule has 0 saturated heterocycles. The first-order chi connectivity index (χ1) is 9.15. The highest BCUT2D eigenvalue weighted by Gasteiger charge is 2.31. The molecule has 1 aromatic carbocycles. The molecule has 1 fully saturated rings. The Labute approximate surface area is 110 Å². The number of hydrogen-bond acceptors (Lipinski definition) is 5. The first-order valence-corrected chi connectivity index (χ1v) is 6.47. The van der Waals surface area contributed by atoms with Crippen LogP contribution in [0.2, 0.25) is 0 Å². The Kier molecular flexibility index (Phi) is 3.02. The minimum absolute atomic E-state index is 0.0127. The number of nitrogens with two attached hydrogens (primary N) is 1. The van der Waals surface area contributed by atoms with Crippen LogP contribution in [0.25, 0.3) is 0 Å². The summed E-state index contributed by atoms with van der Waals surface area (Å²) in [7, 11) is 0. The Bertz CT molecular complexity index is 514. The van der Waals surface area contributed by atoms with Crippen molar-refractivity contribution in [3.63, 3.8) is 0 Å². The Hall–Kier alpha value is -1.82. The van der Waals surface area contributed by atoms with Crippen molar-refractivity contribution in [1.29, 1.82) is 0 Å². The molecule has 3 rings (SSSR count). The van der Waals surface area contributed by atoms with Gasteiger partial charge in [0.2, 0.25) is 0 Å². The van der Waals surface area contributed by atoms with Crippen LogP contribution in [0, 0.1) is 16.0 Å². The highest BCUT2D eigenvalue weighted by Crippen LogP contribution is 2.39. The molecular formula is C13H16N2O4. The van der Waals surface area contributed by atoms with E-state index in [1.54, 1.807) is 6.07 Å². The molecule has 0 radical (unpaired) electrons. The number of nitro groups is 1. The first-order valence-electron chi connectivity index (χ1n) is 6.47. The van der Waals surface area contributed by atoms with Crippen LogP contribution in [0.4, 0.5) is 5.69 Å². The molecule has 1 aliphatic heterocycles. The van der Waals surface area contributed by atoms with Gasteiger partial charge >= 0.3 is 0 Å². The first kappa shape index (κ1) is 12.2. The molecule has 1 aliphatic carbocycles. The standard InChI is InChI=1S/C13H16N2O4/c14-10(8-1-2-8)5-9-6-12-13(19-4-3-18-12)7-11(9)15(16)17/h6-8,10H,1-5,14H2. The maximum absolute atomic E-state index is 11.1. The number of rotatable bonds is 4. The summed E-state index contributed by atoms with van der Waals surface area (Å²) in [5.41, 5.74) is 6.76. The molecule has 1 aromatic rings. The summed E-state index contributed by atoms with van der Waals surface area (Å²) >= 11 is 0. The van der Waals surface area contributed by atoms with Crippen LogP contribution in [-0.4, -0.2) is 24.2 Å². The van der Waals surface area contributed by atoms with E-state index in [9.17, 15) is 10.1 Å². The lowest BCUT2D eigenvalue weighted by molar-refractivity contribution is -0.385. The third-order valence-electron chi connectivity index (χ3n) is 3.62. The average molecular weight is 264 g/mol. The molecule has 19 heavy (non-hydrogen) atoms. The number of hydrogen-bond donors (Lipinski definition) is 1. The van der Waals surface area contributed by atoms with Gasteiger partial charge in [-0.15, -0.1) is 0 Å². The second kappa shape index (κ2) is 4.70. The van der Waals surface area contributed by atoms with Crippen LogP contribution in [0.3, 0.4) is 0 Å². The van der Waals surface area contributed by atoms with E-state index in [-0.39, 0.29) is 16.7 Å². The monoisotopic (exact) mass is 264 g/mol. The molecule has 0 aromatic heterocycles. The summed E-state index contributed by atoms with van der Waals surface area (Å²) in [6.07, 6.45) is 2.76. The van der Waals surface area contributed by atoms with E-state index in [4.69, 9.17) is 15.2 Å². The Morgan fingerprint density at radius 1 is 1.32 bits per heavy atom. The summed E-state index contributed by atoms with van der Waals surface area (Å²) < 4.78 is 10.8. The number of benzene rings is 1. The average Bonchev–Trinajstić information content (AvgIpc) is 3.22. The number of ether oxygens (including phenoxy) is 2. The highest BCUT2D eigenvalue weighted by molar-refractivity contribution is 5.55. The summed E-state index contributed by atoms with van der Waals surface area (Å²) in [4.78, 5) is 10.8. The van der Waals surface area contributed by atoms with Gasteiger partial charge in [0.1, 0.15) is 13.2 Å². The van der Waals surface area contributed by atoms with Gasteiger partial charge in [0.05, 0.1) is 11.0 Å². The van der Waals surface area contributed by atoms with Gasteiger partial charge in [0.25, 0.3) is 5.69 Å². The molecule has 0 bridgehead atoms. The van der Waals surface area contributed by atoms with Gasteiger partial charge in [-0.3, -0.25) is 10.1 Å². The molecule has 1 unspecified atom stereocenters. The van der Waals surface area contributed by atoms with Crippen molar-refractivity contribution in [1.82, 2.24) is 0 Å². The van der Waals surface area contributed by atoms with Crippen LogP contribution < -0.4 is 15.2 Å².